The average molecular weight is 264 g/mol. The number of hydrogen-bond acceptors (Lipinski definition) is 5. The normalized spacial score (nSPS) is 13.1. The van der Waals surface area contributed by atoms with Crippen molar-refractivity contribution in [2.45, 2.75) is 39.7 Å². The second-order valence-corrected chi connectivity index (χ2v) is 5.98. The molecule has 0 amide bonds. The van der Waals surface area contributed by atoms with Crippen LogP contribution in [0, 0.1) is 5.92 Å². The van der Waals surface area contributed by atoms with Crippen LogP contribution in [-0.2, 0) is 0 Å². The van der Waals surface area contributed by atoms with E-state index in [4.69, 9.17) is 5.73 Å². The van der Waals surface area contributed by atoms with Gasteiger partial charge in [0.25, 0.3) is 0 Å². The first-order chi connectivity index (χ1) is 8.56. The van der Waals surface area contributed by atoms with Crippen molar-refractivity contribution in [2.75, 3.05) is 11.1 Å². The standard InChI is InChI=1S/C13H20N4S/c1-8(2)4-5-9(3)15-11-10-6-7-18-12(10)17-13(14)16-11/h6-9H,4-5H2,1-3H3,(H3,14,15,16,17). The highest BCUT2D eigenvalue weighted by Crippen LogP contribution is 2.26. The van der Waals surface area contributed by atoms with Crippen molar-refractivity contribution >= 4 is 33.3 Å². The summed E-state index contributed by atoms with van der Waals surface area (Å²) in [6.07, 6.45) is 2.34. The van der Waals surface area contributed by atoms with Crippen LogP contribution in [0.1, 0.15) is 33.6 Å². The molecule has 5 heteroatoms. The maximum atomic E-state index is 5.73. The summed E-state index contributed by atoms with van der Waals surface area (Å²) in [4.78, 5) is 9.47. The number of rotatable bonds is 5. The molecule has 2 aromatic heterocycles. The van der Waals surface area contributed by atoms with Gasteiger partial charge in [-0.15, -0.1) is 11.3 Å². The van der Waals surface area contributed by atoms with E-state index in [1.54, 1.807) is 11.3 Å². The topological polar surface area (TPSA) is 63.8 Å². The fraction of sp³-hybridized carbons (Fsp3) is 0.538. The number of nitrogens with zero attached hydrogens (tertiary/aromatic N) is 2. The van der Waals surface area contributed by atoms with Gasteiger partial charge in [-0.25, -0.2) is 4.98 Å². The molecule has 3 N–H and O–H groups in total. The molecule has 0 bridgehead atoms. The number of fused-ring (bicyclic) bond motifs is 1. The fourth-order valence-electron chi connectivity index (χ4n) is 1.87. The van der Waals surface area contributed by atoms with Crippen molar-refractivity contribution in [3.05, 3.63) is 11.4 Å². The van der Waals surface area contributed by atoms with E-state index in [1.165, 1.54) is 6.42 Å². The van der Waals surface area contributed by atoms with Crippen molar-refractivity contribution < 1.29 is 0 Å². The van der Waals surface area contributed by atoms with E-state index < -0.39 is 0 Å². The molecule has 0 radical (unpaired) electrons. The number of anilines is 2. The lowest BCUT2D eigenvalue weighted by atomic mass is 10.0. The van der Waals surface area contributed by atoms with Crippen LogP contribution in [0.25, 0.3) is 10.2 Å². The molecule has 0 aromatic carbocycles. The van der Waals surface area contributed by atoms with Crippen molar-refractivity contribution in [3.63, 3.8) is 0 Å². The van der Waals surface area contributed by atoms with Crippen LogP contribution in [0.3, 0.4) is 0 Å². The van der Waals surface area contributed by atoms with Gasteiger partial charge in [0.2, 0.25) is 5.95 Å². The number of nitrogens with one attached hydrogen (secondary N) is 1. The van der Waals surface area contributed by atoms with Crippen LogP contribution in [0.2, 0.25) is 0 Å². The molecule has 1 unspecified atom stereocenters. The van der Waals surface area contributed by atoms with Crippen LogP contribution >= 0.6 is 11.3 Å². The molecular weight excluding hydrogens is 244 g/mol. The van der Waals surface area contributed by atoms with Crippen LogP contribution in [0.5, 0.6) is 0 Å². The minimum absolute atomic E-state index is 0.337. The van der Waals surface area contributed by atoms with Gasteiger partial charge >= 0.3 is 0 Å². The molecule has 0 fully saturated rings. The number of aromatic nitrogens is 2. The predicted molar refractivity (Wildman–Crippen MR) is 79.0 cm³/mol. The van der Waals surface area contributed by atoms with Gasteiger partial charge < -0.3 is 11.1 Å². The van der Waals surface area contributed by atoms with E-state index in [-0.39, 0.29) is 0 Å². The third kappa shape index (κ3) is 3.10. The monoisotopic (exact) mass is 264 g/mol. The number of thiophene rings is 1. The van der Waals surface area contributed by atoms with Crippen LogP contribution in [0.15, 0.2) is 11.4 Å². The summed E-state index contributed by atoms with van der Waals surface area (Å²) in [5.41, 5.74) is 5.73. The van der Waals surface area contributed by atoms with E-state index in [0.717, 1.165) is 28.4 Å². The van der Waals surface area contributed by atoms with Crippen molar-refractivity contribution in [3.8, 4) is 0 Å². The summed E-state index contributed by atoms with van der Waals surface area (Å²) in [5, 5.41) is 6.52. The van der Waals surface area contributed by atoms with Gasteiger partial charge in [-0.05, 0) is 37.1 Å². The lowest BCUT2D eigenvalue weighted by Gasteiger charge is -2.16. The van der Waals surface area contributed by atoms with Gasteiger partial charge in [0, 0.05) is 6.04 Å². The Morgan fingerprint density at radius 1 is 1.28 bits per heavy atom. The highest BCUT2D eigenvalue weighted by atomic mass is 32.1. The fourth-order valence-corrected chi connectivity index (χ4v) is 2.64. The summed E-state index contributed by atoms with van der Waals surface area (Å²) in [6.45, 7) is 6.66. The average Bonchev–Trinajstić information content (AvgIpc) is 2.74. The van der Waals surface area contributed by atoms with E-state index in [2.05, 4.69) is 36.1 Å². The van der Waals surface area contributed by atoms with E-state index in [0.29, 0.717) is 12.0 Å². The maximum absolute atomic E-state index is 5.73. The zero-order valence-corrected chi connectivity index (χ0v) is 11.9. The second kappa shape index (κ2) is 5.52. The van der Waals surface area contributed by atoms with Gasteiger partial charge in [0.15, 0.2) is 0 Å². The molecule has 2 rings (SSSR count). The van der Waals surface area contributed by atoms with Crippen molar-refractivity contribution in [1.29, 1.82) is 0 Å². The molecular formula is C13H20N4S. The second-order valence-electron chi connectivity index (χ2n) is 5.09. The highest BCUT2D eigenvalue weighted by Gasteiger charge is 2.10. The molecule has 4 nitrogen and oxygen atoms in total. The van der Waals surface area contributed by atoms with Gasteiger partial charge in [-0.3, -0.25) is 0 Å². The summed E-state index contributed by atoms with van der Waals surface area (Å²) >= 11 is 1.59. The lowest BCUT2D eigenvalue weighted by molar-refractivity contribution is 0.527. The van der Waals surface area contributed by atoms with E-state index >= 15 is 0 Å². The van der Waals surface area contributed by atoms with Crippen LogP contribution in [0.4, 0.5) is 11.8 Å². The Bertz CT molecular complexity index is 521. The van der Waals surface area contributed by atoms with Gasteiger partial charge in [0.1, 0.15) is 10.6 Å². The lowest BCUT2D eigenvalue weighted by Crippen LogP contribution is -2.17. The zero-order chi connectivity index (χ0) is 13.1. The first-order valence-electron chi connectivity index (χ1n) is 6.33. The Balaban J connectivity index is 2.13. The van der Waals surface area contributed by atoms with Crippen LogP contribution in [-0.4, -0.2) is 16.0 Å². The molecule has 2 heterocycles. The SMILES string of the molecule is CC(C)CCC(C)Nc1nc(N)nc2sccc12. The summed E-state index contributed by atoms with van der Waals surface area (Å²) in [6, 6.07) is 2.43. The molecule has 0 aliphatic carbocycles. The molecule has 18 heavy (non-hydrogen) atoms. The molecule has 0 saturated heterocycles. The number of nitrogen functional groups attached to an aromatic ring is 1. The molecule has 0 aliphatic rings. The predicted octanol–water partition coefficient (Wildman–Crippen LogP) is 3.51. The minimum Gasteiger partial charge on any atom is -0.368 e. The molecule has 2 aromatic rings. The van der Waals surface area contributed by atoms with Gasteiger partial charge in [-0.2, -0.15) is 4.98 Å². The molecule has 0 aliphatic heterocycles. The van der Waals surface area contributed by atoms with Crippen molar-refractivity contribution in [2.24, 2.45) is 5.92 Å². The van der Waals surface area contributed by atoms with E-state index in [1.807, 2.05) is 11.4 Å². The van der Waals surface area contributed by atoms with E-state index in [9.17, 15) is 0 Å². The van der Waals surface area contributed by atoms with Gasteiger partial charge in [-0.1, -0.05) is 13.8 Å². The highest BCUT2D eigenvalue weighted by molar-refractivity contribution is 7.16. The Kier molecular flexibility index (Phi) is 4.01. The number of hydrogen-bond donors (Lipinski definition) is 2. The molecule has 1 atom stereocenters. The Morgan fingerprint density at radius 2 is 2.06 bits per heavy atom. The first kappa shape index (κ1) is 13.1. The third-order valence-electron chi connectivity index (χ3n) is 2.90. The summed E-state index contributed by atoms with van der Waals surface area (Å²) < 4.78 is 0. The summed E-state index contributed by atoms with van der Waals surface area (Å²) in [7, 11) is 0. The van der Waals surface area contributed by atoms with Crippen LogP contribution < -0.4 is 11.1 Å². The molecule has 0 saturated carbocycles. The smallest absolute Gasteiger partial charge is 0.223 e. The third-order valence-corrected chi connectivity index (χ3v) is 3.71. The Hall–Kier alpha value is -1.36. The van der Waals surface area contributed by atoms with Gasteiger partial charge in [0.05, 0.1) is 5.39 Å². The Morgan fingerprint density at radius 3 is 2.78 bits per heavy atom. The summed E-state index contributed by atoms with van der Waals surface area (Å²) in [5.74, 6) is 1.92. The number of nitrogens with two attached hydrogens (primary N) is 1. The molecule has 98 valence electrons. The Labute approximate surface area is 112 Å². The molecule has 0 spiro atoms. The quantitative estimate of drug-likeness (QED) is 0.867. The van der Waals surface area contributed by atoms with Crippen molar-refractivity contribution in [1.82, 2.24) is 9.97 Å². The zero-order valence-electron chi connectivity index (χ0n) is 11.1. The first-order valence-corrected chi connectivity index (χ1v) is 7.21. The largest absolute Gasteiger partial charge is 0.368 e. The minimum atomic E-state index is 0.337. The maximum Gasteiger partial charge on any atom is 0.223 e.